The van der Waals surface area contributed by atoms with E-state index in [9.17, 15) is 4.79 Å². The average Bonchev–Trinajstić information content (AvgIpc) is 2.53. The van der Waals surface area contributed by atoms with Gasteiger partial charge in [0.25, 0.3) is 0 Å². The molecule has 0 radical (unpaired) electrons. The molecule has 0 saturated heterocycles. The highest BCUT2D eigenvalue weighted by atomic mass is 16.5. The van der Waals surface area contributed by atoms with E-state index >= 15 is 0 Å². The molecule has 0 aliphatic rings. The van der Waals surface area contributed by atoms with Crippen LogP contribution in [0.4, 0.5) is 0 Å². The van der Waals surface area contributed by atoms with Crippen LogP contribution < -0.4 is 10.5 Å². The minimum Gasteiger partial charge on any atom is -0.493 e. The van der Waals surface area contributed by atoms with Crippen molar-refractivity contribution in [1.82, 2.24) is 0 Å². The van der Waals surface area contributed by atoms with Gasteiger partial charge in [0.05, 0.1) is 6.61 Å². The first-order chi connectivity index (χ1) is 11.2. The van der Waals surface area contributed by atoms with Gasteiger partial charge in [0.2, 0.25) is 5.91 Å². The fourth-order valence-corrected chi connectivity index (χ4v) is 2.41. The third-order valence-electron chi connectivity index (χ3n) is 3.52. The lowest BCUT2D eigenvalue weighted by Crippen LogP contribution is -2.06. The van der Waals surface area contributed by atoms with Crippen molar-refractivity contribution in [3.63, 3.8) is 0 Å². The van der Waals surface area contributed by atoms with Crippen LogP contribution in [0.1, 0.15) is 26.2 Å². The van der Waals surface area contributed by atoms with Crippen LogP contribution in [-0.4, -0.2) is 12.5 Å². The van der Waals surface area contributed by atoms with Gasteiger partial charge in [-0.1, -0.05) is 48.6 Å². The number of hydrogen-bond donors (Lipinski definition) is 1. The van der Waals surface area contributed by atoms with E-state index in [1.807, 2.05) is 37.3 Å². The number of carbonyl (C=O) groups excluding carboxylic acids is 1. The normalized spacial score (nSPS) is 12.0. The van der Waals surface area contributed by atoms with Crippen molar-refractivity contribution in [1.29, 1.82) is 0 Å². The van der Waals surface area contributed by atoms with E-state index in [4.69, 9.17) is 10.5 Å². The van der Waals surface area contributed by atoms with Gasteiger partial charge in [0.15, 0.2) is 0 Å². The van der Waals surface area contributed by atoms with Gasteiger partial charge in [-0.05, 0) is 43.2 Å². The molecule has 2 aromatic rings. The van der Waals surface area contributed by atoms with E-state index in [0.29, 0.717) is 6.61 Å². The van der Waals surface area contributed by atoms with Crippen molar-refractivity contribution in [3.05, 3.63) is 66.3 Å². The van der Waals surface area contributed by atoms with E-state index in [1.54, 1.807) is 0 Å². The molecule has 0 aromatic heterocycles. The monoisotopic (exact) mass is 309 g/mol. The minimum atomic E-state index is -0.407. The molecule has 2 aromatic carbocycles. The molecule has 0 spiro atoms. The lowest BCUT2D eigenvalue weighted by molar-refractivity contribution is -0.113. The van der Waals surface area contributed by atoms with Crippen LogP contribution in [0.2, 0.25) is 0 Å². The smallest absolute Gasteiger partial charge is 0.241 e. The largest absolute Gasteiger partial charge is 0.493 e. The maximum Gasteiger partial charge on any atom is 0.241 e. The Hall–Kier alpha value is -2.55. The summed E-state index contributed by atoms with van der Waals surface area (Å²) in [4.78, 5) is 10.7. The molecule has 2 rings (SSSR count). The summed E-state index contributed by atoms with van der Waals surface area (Å²) in [5.41, 5.74) is 5.97. The Bertz CT molecular complexity index is 711. The van der Waals surface area contributed by atoms with Crippen molar-refractivity contribution in [2.45, 2.75) is 26.2 Å². The zero-order valence-corrected chi connectivity index (χ0v) is 13.5. The number of allylic oxidation sites excluding steroid dienone is 3. The summed E-state index contributed by atoms with van der Waals surface area (Å²) < 4.78 is 5.90. The fourth-order valence-electron chi connectivity index (χ4n) is 2.41. The van der Waals surface area contributed by atoms with Crippen LogP contribution in [0.3, 0.4) is 0 Å². The Morgan fingerprint density at radius 2 is 1.91 bits per heavy atom. The Labute approximate surface area is 137 Å². The summed E-state index contributed by atoms with van der Waals surface area (Å²) in [6, 6.07) is 14.4. The highest BCUT2D eigenvalue weighted by molar-refractivity contribution is 5.88. The molecule has 0 bridgehead atoms. The Morgan fingerprint density at radius 1 is 1.13 bits per heavy atom. The van der Waals surface area contributed by atoms with Crippen LogP contribution >= 0.6 is 0 Å². The van der Waals surface area contributed by atoms with Crippen molar-refractivity contribution >= 4 is 16.7 Å². The summed E-state index contributed by atoms with van der Waals surface area (Å²) in [6.45, 7) is 2.57. The second kappa shape index (κ2) is 8.79. The maximum atomic E-state index is 10.7. The van der Waals surface area contributed by atoms with Gasteiger partial charge in [0.1, 0.15) is 5.75 Å². The minimum absolute atomic E-state index is 0.407. The van der Waals surface area contributed by atoms with Gasteiger partial charge in [-0.3, -0.25) is 4.79 Å². The highest BCUT2D eigenvalue weighted by Gasteiger charge is 2.00. The second-order valence-corrected chi connectivity index (χ2v) is 5.51. The molecule has 3 heteroatoms. The number of nitrogens with two attached hydrogens (primary N) is 1. The highest BCUT2D eigenvalue weighted by Crippen LogP contribution is 2.25. The van der Waals surface area contributed by atoms with Gasteiger partial charge < -0.3 is 10.5 Å². The van der Waals surface area contributed by atoms with Crippen LogP contribution in [-0.2, 0) is 4.79 Å². The Morgan fingerprint density at radius 3 is 2.74 bits per heavy atom. The molecule has 0 fully saturated rings. The van der Waals surface area contributed by atoms with Crippen LogP contribution in [0.5, 0.6) is 5.75 Å². The molecule has 1 amide bonds. The van der Waals surface area contributed by atoms with E-state index < -0.39 is 5.91 Å². The number of ether oxygens (including phenoxy) is 1. The number of unbranched alkanes of at least 4 members (excludes halogenated alkanes) is 2. The summed E-state index contributed by atoms with van der Waals surface area (Å²) in [6.07, 6.45) is 8.42. The van der Waals surface area contributed by atoms with Gasteiger partial charge in [0, 0.05) is 11.5 Å². The zero-order chi connectivity index (χ0) is 16.5. The molecule has 2 N–H and O–H groups in total. The molecular formula is C20H23NO2. The maximum absolute atomic E-state index is 10.7. The summed E-state index contributed by atoms with van der Waals surface area (Å²) in [7, 11) is 0. The topological polar surface area (TPSA) is 52.3 Å². The lowest BCUT2D eigenvalue weighted by Gasteiger charge is -2.08. The van der Waals surface area contributed by atoms with Crippen molar-refractivity contribution < 1.29 is 9.53 Å². The Balaban J connectivity index is 1.73. The zero-order valence-electron chi connectivity index (χ0n) is 13.5. The molecule has 3 nitrogen and oxygen atoms in total. The van der Waals surface area contributed by atoms with Crippen LogP contribution in [0.25, 0.3) is 10.8 Å². The molecule has 0 aliphatic carbocycles. The molecule has 0 atom stereocenters. The first kappa shape index (κ1) is 16.8. The van der Waals surface area contributed by atoms with Gasteiger partial charge in [-0.25, -0.2) is 0 Å². The number of rotatable bonds is 8. The van der Waals surface area contributed by atoms with E-state index in [0.717, 1.165) is 36.0 Å². The SMILES string of the molecule is CC(/C=C/CCCCOc1cccc2ccccc12)=C\C(N)=O. The average molecular weight is 309 g/mol. The molecule has 0 unspecified atom stereocenters. The molecule has 0 aliphatic heterocycles. The second-order valence-electron chi connectivity index (χ2n) is 5.51. The first-order valence-electron chi connectivity index (χ1n) is 7.91. The van der Waals surface area contributed by atoms with Crippen molar-refractivity contribution in [3.8, 4) is 5.75 Å². The molecule has 120 valence electrons. The molecule has 0 heterocycles. The fraction of sp³-hybridized carbons (Fsp3) is 0.250. The van der Waals surface area contributed by atoms with E-state index in [1.165, 1.54) is 11.5 Å². The lowest BCUT2D eigenvalue weighted by atomic mass is 10.1. The molecule has 0 saturated carbocycles. The van der Waals surface area contributed by atoms with Gasteiger partial charge >= 0.3 is 0 Å². The third-order valence-corrected chi connectivity index (χ3v) is 3.52. The number of fused-ring (bicyclic) bond motifs is 1. The predicted molar refractivity (Wildman–Crippen MR) is 95.4 cm³/mol. The number of primary amides is 1. The standard InChI is InChI=1S/C20H23NO2/c1-16(15-20(21)22)9-4-2-3-7-14-23-19-13-8-11-17-10-5-6-12-18(17)19/h4-6,8-13,15H,2-3,7,14H2,1H3,(H2,21,22)/b9-4+,16-15+. The van der Waals surface area contributed by atoms with E-state index in [2.05, 4.69) is 24.3 Å². The van der Waals surface area contributed by atoms with Gasteiger partial charge in [-0.2, -0.15) is 0 Å². The number of carbonyl (C=O) groups is 1. The van der Waals surface area contributed by atoms with Crippen LogP contribution in [0, 0.1) is 0 Å². The molecule has 23 heavy (non-hydrogen) atoms. The van der Waals surface area contributed by atoms with E-state index in [-0.39, 0.29) is 0 Å². The summed E-state index contributed by atoms with van der Waals surface area (Å²) >= 11 is 0. The quantitative estimate of drug-likeness (QED) is 0.447. The Kier molecular flexibility index (Phi) is 6.42. The number of hydrogen-bond acceptors (Lipinski definition) is 2. The summed E-state index contributed by atoms with van der Waals surface area (Å²) in [5.74, 6) is 0.537. The van der Waals surface area contributed by atoms with Crippen molar-refractivity contribution in [2.75, 3.05) is 6.61 Å². The van der Waals surface area contributed by atoms with Gasteiger partial charge in [-0.15, -0.1) is 0 Å². The van der Waals surface area contributed by atoms with Crippen molar-refractivity contribution in [2.24, 2.45) is 5.73 Å². The van der Waals surface area contributed by atoms with Crippen LogP contribution in [0.15, 0.2) is 66.3 Å². The third kappa shape index (κ3) is 5.62. The summed E-state index contributed by atoms with van der Waals surface area (Å²) in [5, 5.41) is 2.35. The predicted octanol–water partition coefficient (Wildman–Crippen LogP) is 4.38. The molecular weight excluding hydrogens is 286 g/mol. The first-order valence-corrected chi connectivity index (χ1v) is 7.91. The number of benzene rings is 2. The number of amides is 1.